The van der Waals surface area contributed by atoms with Gasteiger partial charge in [-0.25, -0.2) is 8.78 Å². The number of pyridine rings is 1. The van der Waals surface area contributed by atoms with Crippen LogP contribution in [0.5, 0.6) is 5.75 Å². The number of hydrogen-bond donors (Lipinski definition) is 1. The Kier molecular flexibility index (Phi) is 4.37. The van der Waals surface area contributed by atoms with Crippen molar-refractivity contribution in [3.63, 3.8) is 0 Å². The number of rotatable bonds is 4. The SMILES string of the molecule is CCOC(=O)Cc1ncc(O)c(C(F)F)c1C. The Balaban J connectivity index is 3.02. The fraction of sp³-hybridized carbons (Fsp3) is 0.455. The maximum absolute atomic E-state index is 12.7. The molecule has 0 fully saturated rings. The van der Waals surface area contributed by atoms with Gasteiger partial charge in [0.05, 0.1) is 30.5 Å². The van der Waals surface area contributed by atoms with Crippen molar-refractivity contribution in [1.82, 2.24) is 4.98 Å². The maximum atomic E-state index is 12.7. The second-order valence-electron chi connectivity index (χ2n) is 3.41. The van der Waals surface area contributed by atoms with Crippen LogP contribution in [0.3, 0.4) is 0 Å². The largest absolute Gasteiger partial charge is 0.506 e. The normalized spacial score (nSPS) is 10.6. The summed E-state index contributed by atoms with van der Waals surface area (Å²) in [6.45, 7) is 3.26. The molecule has 0 aliphatic rings. The molecule has 94 valence electrons. The first kappa shape index (κ1) is 13.3. The number of hydrogen-bond acceptors (Lipinski definition) is 4. The van der Waals surface area contributed by atoms with Crippen LogP contribution in [0, 0.1) is 6.92 Å². The van der Waals surface area contributed by atoms with Crippen LogP contribution in [0.2, 0.25) is 0 Å². The molecule has 17 heavy (non-hydrogen) atoms. The van der Waals surface area contributed by atoms with Crippen molar-refractivity contribution in [3.05, 3.63) is 23.0 Å². The lowest BCUT2D eigenvalue weighted by molar-refractivity contribution is -0.142. The minimum Gasteiger partial charge on any atom is -0.506 e. The summed E-state index contributed by atoms with van der Waals surface area (Å²) in [4.78, 5) is 15.0. The number of halogens is 2. The van der Waals surface area contributed by atoms with E-state index in [1.807, 2.05) is 0 Å². The van der Waals surface area contributed by atoms with E-state index in [0.717, 1.165) is 6.20 Å². The average molecular weight is 245 g/mol. The van der Waals surface area contributed by atoms with Gasteiger partial charge in [0.1, 0.15) is 5.75 Å². The Bertz CT molecular complexity index is 421. The zero-order valence-corrected chi connectivity index (χ0v) is 9.54. The molecule has 1 aromatic rings. The zero-order valence-electron chi connectivity index (χ0n) is 9.54. The zero-order chi connectivity index (χ0) is 13.0. The summed E-state index contributed by atoms with van der Waals surface area (Å²) >= 11 is 0. The van der Waals surface area contributed by atoms with Gasteiger partial charge in [-0.15, -0.1) is 0 Å². The summed E-state index contributed by atoms with van der Waals surface area (Å²) in [7, 11) is 0. The summed E-state index contributed by atoms with van der Waals surface area (Å²) in [5.74, 6) is -1.10. The highest BCUT2D eigenvalue weighted by Crippen LogP contribution is 2.31. The van der Waals surface area contributed by atoms with E-state index in [-0.39, 0.29) is 24.3 Å². The molecule has 1 aromatic heterocycles. The monoisotopic (exact) mass is 245 g/mol. The Labute approximate surface area is 97.2 Å². The van der Waals surface area contributed by atoms with Crippen molar-refractivity contribution < 1.29 is 23.4 Å². The lowest BCUT2D eigenvalue weighted by Crippen LogP contribution is -2.11. The van der Waals surface area contributed by atoms with E-state index >= 15 is 0 Å². The highest BCUT2D eigenvalue weighted by atomic mass is 19.3. The Morgan fingerprint density at radius 3 is 2.76 bits per heavy atom. The van der Waals surface area contributed by atoms with E-state index < -0.39 is 23.7 Å². The maximum Gasteiger partial charge on any atom is 0.311 e. The predicted molar refractivity (Wildman–Crippen MR) is 55.9 cm³/mol. The molecule has 0 bridgehead atoms. The Morgan fingerprint density at radius 1 is 1.59 bits per heavy atom. The molecule has 0 amide bonds. The molecule has 0 aromatic carbocycles. The summed E-state index contributed by atoms with van der Waals surface area (Å²) in [5.41, 5.74) is -0.177. The van der Waals surface area contributed by atoms with Crippen molar-refractivity contribution in [2.75, 3.05) is 6.61 Å². The third kappa shape index (κ3) is 3.12. The smallest absolute Gasteiger partial charge is 0.311 e. The molecule has 0 unspecified atom stereocenters. The number of nitrogens with zero attached hydrogens (tertiary/aromatic N) is 1. The Morgan fingerprint density at radius 2 is 2.24 bits per heavy atom. The highest BCUT2D eigenvalue weighted by Gasteiger charge is 2.20. The molecule has 1 rings (SSSR count). The van der Waals surface area contributed by atoms with Gasteiger partial charge in [-0.05, 0) is 19.4 Å². The second kappa shape index (κ2) is 5.56. The lowest BCUT2D eigenvalue weighted by atomic mass is 10.1. The highest BCUT2D eigenvalue weighted by molar-refractivity contribution is 5.72. The topological polar surface area (TPSA) is 59.4 Å². The summed E-state index contributed by atoms with van der Waals surface area (Å²) in [6.07, 6.45) is -2.07. The van der Waals surface area contributed by atoms with Crippen LogP contribution < -0.4 is 0 Å². The third-order valence-electron chi connectivity index (χ3n) is 2.29. The molecule has 6 heteroatoms. The van der Waals surface area contributed by atoms with Crippen LogP contribution in [0.1, 0.15) is 30.2 Å². The predicted octanol–water partition coefficient (Wildman–Crippen LogP) is 2.14. The molecule has 0 atom stereocenters. The minimum absolute atomic E-state index is 0.119. The number of aromatic hydroxyl groups is 1. The third-order valence-corrected chi connectivity index (χ3v) is 2.29. The molecular weight excluding hydrogens is 232 g/mol. The summed E-state index contributed by atoms with van der Waals surface area (Å²) in [5, 5.41) is 9.27. The van der Waals surface area contributed by atoms with Gasteiger partial charge in [-0.1, -0.05) is 0 Å². The van der Waals surface area contributed by atoms with Gasteiger partial charge in [-0.3, -0.25) is 9.78 Å². The summed E-state index contributed by atoms with van der Waals surface area (Å²) < 4.78 is 30.0. The van der Waals surface area contributed by atoms with Crippen LogP contribution in [-0.4, -0.2) is 22.7 Å². The van der Waals surface area contributed by atoms with E-state index in [4.69, 9.17) is 4.74 Å². The molecule has 1 heterocycles. The standard InChI is InChI=1S/C11H13F2NO3/c1-3-17-9(16)4-7-6(2)10(11(12)13)8(15)5-14-7/h5,11,15H,3-4H2,1-2H3. The quantitative estimate of drug-likeness (QED) is 0.825. The molecule has 0 aliphatic carbocycles. The first-order valence-corrected chi connectivity index (χ1v) is 5.08. The fourth-order valence-corrected chi connectivity index (χ4v) is 1.46. The van der Waals surface area contributed by atoms with E-state index in [1.165, 1.54) is 6.92 Å². The minimum atomic E-state index is -2.81. The summed E-state index contributed by atoms with van der Waals surface area (Å²) in [6, 6.07) is 0. The van der Waals surface area contributed by atoms with Gasteiger partial charge in [-0.2, -0.15) is 0 Å². The number of carbonyl (C=O) groups excluding carboxylic acids is 1. The van der Waals surface area contributed by atoms with E-state index in [1.54, 1.807) is 6.92 Å². The lowest BCUT2D eigenvalue weighted by Gasteiger charge is -2.11. The van der Waals surface area contributed by atoms with Crippen molar-refractivity contribution >= 4 is 5.97 Å². The number of ether oxygens (including phenoxy) is 1. The van der Waals surface area contributed by atoms with Gasteiger partial charge in [0.15, 0.2) is 0 Å². The van der Waals surface area contributed by atoms with Gasteiger partial charge < -0.3 is 9.84 Å². The van der Waals surface area contributed by atoms with E-state index in [0.29, 0.717) is 0 Å². The Hall–Kier alpha value is -1.72. The van der Waals surface area contributed by atoms with Crippen LogP contribution >= 0.6 is 0 Å². The van der Waals surface area contributed by atoms with Crippen molar-refractivity contribution in [3.8, 4) is 5.75 Å². The number of alkyl halides is 2. The first-order valence-electron chi connectivity index (χ1n) is 5.08. The molecule has 0 aliphatic heterocycles. The fourth-order valence-electron chi connectivity index (χ4n) is 1.46. The molecule has 1 N–H and O–H groups in total. The molecule has 4 nitrogen and oxygen atoms in total. The van der Waals surface area contributed by atoms with Gasteiger partial charge >= 0.3 is 5.97 Å². The molecule has 0 saturated heterocycles. The van der Waals surface area contributed by atoms with Crippen molar-refractivity contribution in [1.29, 1.82) is 0 Å². The van der Waals surface area contributed by atoms with Crippen LogP contribution in [-0.2, 0) is 16.0 Å². The van der Waals surface area contributed by atoms with Crippen LogP contribution in [0.4, 0.5) is 8.78 Å². The van der Waals surface area contributed by atoms with Gasteiger partial charge in [0, 0.05) is 0 Å². The van der Waals surface area contributed by atoms with Crippen molar-refractivity contribution in [2.45, 2.75) is 26.7 Å². The van der Waals surface area contributed by atoms with E-state index in [9.17, 15) is 18.7 Å². The number of aromatic nitrogens is 1. The van der Waals surface area contributed by atoms with Gasteiger partial charge in [0.2, 0.25) is 0 Å². The average Bonchev–Trinajstić information content (AvgIpc) is 2.22. The second-order valence-corrected chi connectivity index (χ2v) is 3.41. The van der Waals surface area contributed by atoms with Crippen LogP contribution in [0.25, 0.3) is 0 Å². The molecule has 0 spiro atoms. The molecule has 0 radical (unpaired) electrons. The first-order chi connectivity index (χ1) is 7.97. The van der Waals surface area contributed by atoms with Crippen LogP contribution in [0.15, 0.2) is 6.20 Å². The molecule has 0 saturated carbocycles. The molecular formula is C11H13F2NO3. The number of carbonyl (C=O) groups is 1. The number of esters is 1. The van der Waals surface area contributed by atoms with Gasteiger partial charge in [0.25, 0.3) is 6.43 Å². The van der Waals surface area contributed by atoms with E-state index in [2.05, 4.69) is 4.98 Å². The van der Waals surface area contributed by atoms with Crippen molar-refractivity contribution in [2.24, 2.45) is 0 Å².